The summed E-state index contributed by atoms with van der Waals surface area (Å²) in [7, 11) is 1.93. The number of hydrogen-bond acceptors (Lipinski definition) is 5. The predicted octanol–water partition coefficient (Wildman–Crippen LogP) is 2.20. The van der Waals surface area contributed by atoms with Crippen molar-refractivity contribution in [2.45, 2.75) is 39.3 Å². The van der Waals surface area contributed by atoms with Gasteiger partial charge in [-0.05, 0) is 32.6 Å². The first-order valence-corrected chi connectivity index (χ1v) is 6.71. The standard InChI is InChI=1S/C11H20N4S/c1-8(2)15(6-9-4-5-9)7-10-11(12-3)16-14-13-10/h8-9,12H,4-7H2,1-3H3. The fourth-order valence-electron chi connectivity index (χ4n) is 1.78. The molecule has 1 heterocycles. The Morgan fingerprint density at radius 1 is 1.50 bits per heavy atom. The zero-order chi connectivity index (χ0) is 11.5. The van der Waals surface area contributed by atoms with Gasteiger partial charge >= 0.3 is 0 Å². The third-order valence-corrected chi connectivity index (χ3v) is 3.84. The zero-order valence-electron chi connectivity index (χ0n) is 10.2. The molecule has 0 radical (unpaired) electrons. The first-order valence-electron chi connectivity index (χ1n) is 5.93. The number of anilines is 1. The van der Waals surface area contributed by atoms with E-state index in [1.165, 1.54) is 30.9 Å². The van der Waals surface area contributed by atoms with Gasteiger partial charge in [0.25, 0.3) is 0 Å². The van der Waals surface area contributed by atoms with Gasteiger partial charge in [0, 0.05) is 37.7 Å². The van der Waals surface area contributed by atoms with Crippen molar-refractivity contribution in [3.05, 3.63) is 5.69 Å². The van der Waals surface area contributed by atoms with Crippen LogP contribution in [0.1, 0.15) is 32.4 Å². The maximum absolute atomic E-state index is 4.20. The Hall–Kier alpha value is -0.680. The van der Waals surface area contributed by atoms with Crippen LogP contribution in [0.4, 0.5) is 5.00 Å². The van der Waals surface area contributed by atoms with Crippen LogP contribution in [0.5, 0.6) is 0 Å². The summed E-state index contributed by atoms with van der Waals surface area (Å²) in [5.41, 5.74) is 1.09. The van der Waals surface area contributed by atoms with E-state index in [9.17, 15) is 0 Å². The van der Waals surface area contributed by atoms with Crippen LogP contribution in [0.15, 0.2) is 0 Å². The van der Waals surface area contributed by atoms with E-state index >= 15 is 0 Å². The zero-order valence-corrected chi connectivity index (χ0v) is 11.0. The van der Waals surface area contributed by atoms with E-state index in [0.717, 1.165) is 23.2 Å². The van der Waals surface area contributed by atoms with Crippen LogP contribution >= 0.6 is 11.5 Å². The second kappa shape index (κ2) is 5.10. The molecule has 1 aliphatic rings. The summed E-state index contributed by atoms with van der Waals surface area (Å²) in [6.45, 7) is 6.63. The maximum Gasteiger partial charge on any atom is 0.134 e. The molecule has 1 N–H and O–H groups in total. The number of hydrogen-bond donors (Lipinski definition) is 1. The van der Waals surface area contributed by atoms with Crippen molar-refractivity contribution in [1.82, 2.24) is 14.5 Å². The van der Waals surface area contributed by atoms with Gasteiger partial charge in [-0.2, -0.15) is 0 Å². The lowest BCUT2D eigenvalue weighted by molar-refractivity contribution is 0.201. The minimum Gasteiger partial charge on any atom is -0.377 e. The lowest BCUT2D eigenvalue weighted by Gasteiger charge is -2.25. The van der Waals surface area contributed by atoms with E-state index in [0.29, 0.717) is 6.04 Å². The molecule has 0 aliphatic heterocycles. The molecule has 1 saturated carbocycles. The van der Waals surface area contributed by atoms with Crippen molar-refractivity contribution < 1.29 is 0 Å². The maximum atomic E-state index is 4.20. The molecule has 0 atom stereocenters. The minimum atomic E-state index is 0.576. The first kappa shape index (κ1) is 11.8. The Bertz CT molecular complexity index is 332. The highest BCUT2D eigenvalue weighted by Crippen LogP contribution is 2.31. The highest BCUT2D eigenvalue weighted by Gasteiger charge is 2.26. The molecule has 0 bridgehead atoms. The van der Waals surface area contributed by atoms with Crippen LogP contribution in [0.25, 0.3) is 0 Å². The van der Waals surface area contributed by atoms with Crippen LogP contribution in [-0.4, -0.2) is 34.1 Å². The molecule has 0 unspecified atom stereocenters. The number of nitrogens with one attached hydrogen (secondary N) is 1. The van der Waals surface area contributed by atoms with Crippen molar-refractivity contribution in [3.63, 3.8) is 0 Å². The summed E-state index contributed by atoms with van der Waals surface area (Å²) < 4.78 is 4.00. The first-order chi connectivity index (χ1) is 7.70. The molecule has 16 heavy (non-hydrogen) atoms. The van der Waals surface area contributed by atoms with Gasteiger partial charge in [0.1, 0.15) is 10.7 Å². The number of rotatable bonds is 6. The third kappa shape index (κ3) is 2.92. The van der Waals surface area contributed by atoms with E-state index in [2.05, 4.69) is 33.7 Å². The molecule has 90 valence electrons. The van der Waals surface area contributed by atoms with Gasteiger partial charge in [-0.25, -0.2) is 0 Å². The van der Waals surface area contributed by atoms with Crippen molar-refractivity contribution >= 4 is 16.5 Å². The summed E-state index contributed by atoms with van der Waals surface area (Å²) in [6, 6.07) is 0.576. The normalized spacial score (nSPS) is 16.1. The highest BCUT2D eigenvalue weighted by atomic mass is 32.1. The second-order valence-electron chi connectivity index (χ2n) is 4.77. The molecule has 0 aromatic carbocycles. The van der Waals surface area contributed by atoms with Crippen LogP contribution in [0.3, 0.4) is 0 Å². The lowest BCUT2D eigenvalue weighted by atomic mass is 10.2. The largest absolute Gasteiger partial charge is 0.377 e. The molecule has 0 amide bonds. The van der Waals surface area contributed by atoms with Gasteiger partial charge in [-0.1, -0.05) is 4.49 Å². The Kier molecular flexibility index (Phi) is 3.76. The Labute approximate surface area is 101 Å². The number of nitrogens with zero attached hydrogens (tertiary/aromatic N) is 3. The highest BCUT2D eigenvalue weighted by molar-refractivity contribution is 7.10. The summed E-state index contributed by atoms with van der Waals surface area (Å²) in [6.07, 6.45) is 2.80. The van der Waals surface area contributed by atoms with E-state index < -0.39 is 0 Å². The Morgan fingerprint density at radius 2 is 2.25 bits per heavy atom. The van der Waals surface area contributed by atoms with Gasteiger partial charge in [0.15, 0.2) is 0 Å². The molecule has 1 fully saturated rings. The van der Waals surface area contributed by atoms with Gasteiger partial charge in [-0.15, -0.1) is 5.10 Å². The molecular formula is C11H20N4S. The summed E-state index contributed by atoms with van der Waals surface area (Å²) in [4.78, 5) is 2.50. The molecule has 1 aliphatic carbocycles. The molecule has 0 saturated heterocycles. The van der Waals surface area contributed by atoms with Crippen LogP contribution in [0, 0.1) is 5.92 Å². The Morgan fingerprint density at radius 3 is 2.81 bits per heavy atom. The summed E-state index contributed by atoms with van der Waals surface area (Å²) in [5, 5.41) is 8.46. The van der Waals surface area contributed by atoms with Gasteiger partial charge in [0.2, 0.25) is 0 Å². The summed E-state index contributed by atoms with van der Waals surface area (Å²) in [5.74, 6) is 0.923. The molecule has 2 rings (SSSR count). The van der Waals surface area contributed by atoms with Crippen LogP contribution < -0.4 is 5.32 Å². The molecule has 0 spiro atoms. The van der Waals surface area contributed by atoms with Crippen molar-refractivity contribution in [2.75, 3.05) is 18.9 Å². The SMILES string of the molecule is CNc1snnc1CN(CC1CC1)C(C)C. The van der Waals surface area contributed by atoms with Crippen molar-refractivity contribution in [1.29, 1.82) is 0 Å². The average Bonchev–Trinajstić information content (AvgIpc) is 2.95. The monoisotopic (exact) mass is 240 g/mol. The lowest BCUT2D eigenvalue weighted by Crippen LogP contribution is -2.32. The van der Waals surface area contributed by atoms with Crippen LogP contribution in [-0.2, 0) is 6.54 Å². The molecule has 1 aromatic rings. The second-order valence-corrected chi connectivity index (χ2v) is 5.52. The molecule has 5 heteroatoms. The van der Waals surface area contributed by atoms with Gasteiger partial charge < -0.3 is 5.32 Å². The quantitative estimate of drug-likeness (QED) is 0.827. The predicted molar refractivity (Wildman–Crippen MR) is 67.7 cm³/mol. The third-order valence-electron chi connectivity index (χ3n) is 3.06. The fraction of sp³-hybridized carbons (Fsp3) is 0.818. The summed E-state index contributed by atoms with van der Waals surface area (Å²) >= 11 is 1.44. The van der Waals surface area contributed by atoms with Gasteiger partial charge in [-0.3, -0.25) is 4.90 Å². The smallest absolute Gasteiger partial charge is 0.134 e. The molecule has 1 aromatic heterocycles. The fourth-order valence-corrected chi connectivity index (χ4v) is 2.31. The van der Waals surface area contributed by atoms with Crippen molar-refractivity contribution in [3.8, 4) is 0 Å². The van der Waals surface area contributed by atoms with E-state index in [1.807, 2.05) is 7.05 Å². The molecule has 4 nitrogen and oxygen atoms in total. The average molecular weight is 240 g/mol. The van der Waals surface area contributed by atoms with Crippen LogP contribution in [0.2, 0.25) is 0 Å². The number of aromatic nitrogens is 2. The van der Waals surface area contributed by atoms with E-state index in [1.54, 1.807) is 0 Å². The minimum absolute atomic E-state index is 0.576. The van der Waals surface area contributed by atoms with E-state index in [4.69, 9.17) is 0 Å². The van der Waals surface area contributed by atoms with E-state index in [-0.39, 0.29) is 0 Å². The molecular weight excluding hydrogens is 220 g/mol. The Balaban J connectivity index is 1.98. The van der Waals surface area contributed by atoms with Gasteiger partial charge in [0.05, 0.1) is 0 Å². The van der Waals surface area contributed by atoms with Crippen molar-refractivity contribution in [2.24, 2.45) is 5.92 Å². The topological polar surface area (TPSA) is 41.1 Å².